The van der Waals surface area contributed by atoms with E-state index >= 15 is 0 Å². The largest absolute Gasteiger partial charge is 0.332 e. The molecule has 0 aliphatic heterocycles. The zero-order valence-electron chi connectivity index (χ0n) is 21.4. The molecular weight excluding hydrogens is 336 g/mol. The van der Waals surface area contributed by atoms with Crippen molar-refractivity contribution in [1.82, 2.24) is 19.5 Å². The second kappa shape index (κ2) is 7.33. The molecule has 0 saturated heterocycles. The van der Waals surface area contributed by atoms with Crippen molar-refractivity contribution in [2.75, 3.05) is 0 Å². The maximum absolute atomic E-state index is 12.7. The quantitative estimate of drug-likeness (QED) is 0.507. The summed E-state index contributed by atoms with van der Waals surface area (Å²) in [4.78, 5) is 25.7. The number of nitrogens with zero attached hydrogens (tertiary/aromatic N) is 4. The van der Waals surface area contributed by atoms with Crippen LogP contribution >= 0.6 is 0 Å². The predicted molar refractivity (Wildman–Crippen MR) is 106 cm³/mol. The van der Waals surface area contributed by atoms with E-state index in [2.05, 4.69) is 15.0 Å². The van der Waals surface area contributed by atoms with Gasteiger partial charge in [-0.25, -0.2) is 9.97 Å². The third-order valence-corrected chi connectivity index (χ3v) is 3.88. The molecule has 0 aliphatic rings. The monoisotopic (exact) mass is 361 g/mol. The number of carbonyl (C=O) groups is 1. The Balaban J connectivity index is 1.68. The molecule has 3 aromatic heterocycles. The minimum Gasteiger partial charge on any atom is -0.332 e. The summed E-state index contributed by atoms with van der Waals surface area (Å²) < 4.78 is 57.2. The number of aryl methyl sites for hydroxylation is 1. The Bertz CT molecular complexity index is 1470. The predicted octanol–water partition coefficient (Wildman–Crippen LogP) is 3.86. The Kier molecular flexibility index (Phi) is 2.86. The SMILES string of the molecule is [2H]/C(C(=O)Cc1cc2nc(-c3cncn3C)ccc2cn1)=C(/[2H])c1c([2H])c([2H])c([2H])c([2H])c1[2H]. The van der Waals surface area contributed by atoms with Crippen LogP contribution in [0.25, 0.3) is 28.3 Å². The highest BCUT2D eigenvalue weighted by molar-refractivity contribution is 5.95. The Morgan fingerprint density at radius 2 is 2.11 bits per heavy atom. The molecule has 1 aromatic carbocycles. The molecule has 0 aliphatic carbocycles. The lowest BCUT2D eigenvalue weighted by atomic mass is 10.1. The van der Waals surface area contributed by atoms with Crippen LogP contribution in [0.2, 0.25) is 0 Å². The zero-order chi connectivity index (χ0) is 24.7. The van der Waals surface area contributed by atoms with Gasteiger partial charge >= 0.3 is 0 Å². The molecular formula is C22H18N4O. The van der Waals surface area contributed by atoms with Crippen molar-refractivity contribution >= 4 is 22.7 Å². The Hall–Kier alpha value is -3.60. The van der Waals surface area contributed by atoms with Crippen LogP contribution in [0.1, 0.15) is 20.9 Å². The molecule has 5 heteroatoms. The summed E-state index contributed by atoms with van der Waals surface area (Å²) in [7, 11) is 1.85. The second-order valence-electron chi connectivity index (χ2n) is 5.80. The van der Waals surface area contributed by atoms with Gasteiger partial charge in [0.15, 0.2) is 5.78 Å². The first-order valence-corrected chi connectivity index (χ1v) is 8.10. The van der Waals surface area contributed by atoms with Gasteiger partial charge in [-0.15, -0.1) is 0 Å². The Morgan fingerprint density at radius 3 is 2.89 bits per heavy atom. The maximum Gasteiger partial charge on any atom is 0.161 e. The molecule has 0 fully saturated rings. The first-order chi connectivity index (χ1) is 16.1. The lowest BCUT2D eigenvalue weighted by Crippen LogP contribution is -2.01. The number of hydrogen-bond acceptors (Lipinski definition) is 4. The third kappa shape index (κ3) is 3.82. The summed E-state index contributed by atoms with van der Waals surface area (Å²) in [5, 5.41) is 0.754. The smallest absolute Gasteiger partial charge is 0.161 e. The molecule has 132 valence electrons. The molecule has 0 bridgehead atoms. The summed E-state index contributed by atoms with van der Waals surface area (Å²) in [6, 6.07) is 0.657. The molecule has 0 radical (unpaired) electrons. The van der Waals surface area contributed by atoms with E-state index in [0.29, 0.717) is 16.9 Å². The van der Waals surface area contributed by atoms with Gasteiger partial charge in [-0.2, -0.15) is 0 Å². The highest BCUT2D eigenvalue weighted by Gasteiger charge is 2.08. The minimum atomic E-state index is -0.772. The van der Waals surface area contributed by atoms with Gasteiger partial charge in [-0.1, -0.05) is 36.3 Å². The molecule has 27 heavy (non-hydrogen) atoms. The highest BCUT2D eigenvalue weighted by Crippen LogP contribution is 2.20. The van der Waals surface area contributed by atoms with E-state index in [4.69, 9.17) is 9.60 Å². The lowest BCUT2D eigenvalue weighted by molar-refractivity contribution is -0.114. The van der Waals surface area contributed by atoms with E-state index < -0.39 is 53.7 Å². The fourth-order valence-electron chi connectivity index (χ4n) is 2.55. The van der Waals surface area contributed by atoms with Crippen LogP contribution in [0.3, 0.4) is 0 Å². The number of imidazole rings is 1. The second-order valence-corrected chi connectivity index (χ2v) is 5.80. The van der Waals surface area contributed by atoms with Crippen LogP contribution in [0.15, 0.2) is 73.2 Å². The van der Waals surface area contributed by atoms with Gasteiger partial charge < -0.3 is 4.57 Å². The van der Waals surface area contributed by atoms with Gasteiger partial charge in [-0.3, -0.25) is 9.78 Å². The van der Waals surface area contributed by atoms with E-state index in [1.54, 1.807) is 24.8 Å². The number of carbonyl (C=O) groups excluding carboxylic acids is 1. The summed E-state index contributed by atoms with van der Waals surface area (Å²) in [6.45, 7) is 0. The van der Waals surface area contributed by atoms with Crippen LogP contribution < -0.4 is 0 Å². The van der Waals surface area contributed by atoms with Crippen LogP contribution in [0, 0.1) is 0 Å². The number of ketones is 1. The highest BCUT2D eigenvalue weighted by atomic mass is 16.1. The first-order valence-electron chi connectivity index (χ1n) is 11.6. The maximum atomic E-state index is 12.7. The lowest BCUT2D eigenvalue weighted by Gasteiger charge is -2.05. The molecule has 0 atom stereocenters. The summed E-state index contributed by atoms with van der Waals surface area (Å²) in [5.41, 5.74) is 1.92. The van der Waals surface area contributed by atoms with Crippen LogP contribution in [-0.4, -0.2) is 25.3 Å². The molecule has 0 spiro atoms. The van der Waals surface area contributed by atoms with Crippen molar-refractivity contribution in [3.05, 3.63) is 84.4 Å². The van der Waals surface area contributed by atoms with E-state index in [1.165, 1.54) is 0 Å². The number of allylic oxidation sites excluding steroid dienone is 1. The number of aromatic nitrogens is 4. The molecule has 0 saturated carbocycles. The number of pyridine rings is 2. The fraction of sp³-hybridized carbons (Fsp3) is 0.0909. The van der Waals surface area contributed by atoms with Gasteiger partial charge in [0.05, 0.1) is 51.1 Å². The Morgan fingerprint density at radius 1 is 1.26 bits per heavy atom. The van der Waals surface area contributed by atoms with Crippen molar-refractivity contribution in [1.29, 1.82) is 0 Å². The number of fused-ring (bicyclic) bond motifs is 1. The van der Waals surface area contributed by atoms with Crippen molar-refractivity contribution in [3.63, 3.8) is 0 Å². The van der Waals surface area contributed by atoms with E-state index in [1.807, 2.05) is 23.7 Å². The minimum absolute atomic E-state index is 0.312. The summed E-state index contributed by atoms with van der Waals surface area (Å²) in [6.07, 6.45) is 4.59. The van der Waals surface area contributed by atoms with Crippen LogP contribution in [0.4, 0.5) is 0 Å². The average molecular weight is 361 g/mol. The van der Waals surface area contributed by atoms with Gasteiger partial charge in [0.25, 0.3) is 0 Å². The van der Waals surface area contributed by atoms with Crippen molar-refractivity contribution in [2.45, 2.75) is 6.42 Å². The summed E-state index contributed by atoms with van der Waals surface area (Å²) in [5.74, 6) is -0.772. The molecule has 3 heterocycles. The normalized spacial score (nSPS) is 15.7. The van der Waals surface area contributed by atoms with Gasteiger partial charge in [0, 0.05) is 18.6 Å². The number of rotatable bonds is 5. The molecule has 4 aromatic rings. The first kappa shape index (κ1) is 10.5. The third-order valence-electron chi connectivity index (χ3n) is 3.88. The molecule has 4 rings (SSSR count). The van der Waals surface area contributed by atoms with Gasteiger partial charge in [-0.05, 0) is 29.8 Å². The fourth-order valence-corrected chi connectivity index (χ4v) is 2.55. The van der Waals surface area contributed by atoms with E-state index in [9.17, 15) is 4.79 Å². The van der Waals surface area contributed by atoms with E-state index in [0.717, 1.165) is 11.1 Å². The Labute approximate surface area is 166 Å². The standard InChI is InChI=1S/C22H18N4O/c1-26-15-23-14-22(26)20-10-8-17-13-24-18(12-21(17)25-20)11-19(27)9-7-16-5-3-2-4-6-16/h2-10,12-15H,11H2,1H3/b9-7+/i2D,3D,4D,5D,6D,7D,9D. The zero-order valence-corrected chi connectivity index (χ0v) is 14.4. The average Bonchev–Trinajstić information content (AvgIpc) is 3.26. The van der Waals surface area contributed by atoms with Gasteiger partial charge in [0.1, 0.15) is 0 Å². The molecule has 0 amide bonds. The van der Waals surface area contributed by atoms with Crippen LogP contribution in [0.5, 0.6) is 0 Å². The summed E-state index contributed by atoms with van der Waals surface area (Å²) >= 11 is 0. The van der Waals surface area contributed by atoms with E-state index in [-0.39, 0.29) is 6.42 Å². The molecule has 0 unspecified atom stereocenters. The number of benzene rings is 1. The van der Waals surface area contributed by atoms with Crippen molar-refractivity contribution in [2.24, 2.45) is 7.05 Å². The van der Waals surface area contributed by atoms with Crippen molar-refractivity contribution < 1.29 is 14.4 Å². The van der Waals surface area contributed by atoms with Crippen molar-refractivity contribution in [3.8, 4) is 11.4 Å². The van der Waals surface area contributed by atoms with Crippen LogP contribution in [-0.2, 0) is 18.3 Å². The number of hydrogen-bond donors (Lipinski definition) is 0. The van der Waals surface area contributed by atoms with Gasteiger partial charge in [0.2, 0.25) is 0 Å². The molecule has 0 N–H and O–H groups in total. The molecule has 5 nitrogen and oxygen atoms in total. The topological polar surface area (TPSA) is 60.7 Å².